The topological polar surface area (TPSA) is 116 Å². The highest BCUT2D eigenvalue weighted by Gasteiger charge is 2.28. The first kappa shape index (κ1) is 35.0. The van der Waals surface area contributed by atoms with Crippen LogP contribution in [0.15, 0.2) is 36.4 Å². The molecule has 0 bridgehead atoms. The Labute approximate surface area is 262 Å². The number of carboxylic acids is 2. The molecule has 1 amide bonds. The molecule has 4 rings (SSSR count). The summed E-state index contributed by atoms with van der Waals surface area (Å²) in [4.78, 5) is 39.7. The summed E-state index contributed by atoms with van der Waals surface area (Å²) >= 11 is 0. The van der Waals surface area contributed by atoms with Crippen molar-refractivity contribution in [2.75, 3.05) is 31.1 Å². The van der Waals surface area contributed by atoms with Gasteiger partial charge >= 0.3 is 11.9 Å². The van der Waals surface area contributed by atoms with Crippen molar-refractivity contribution in [1.82, 2.24) is 14.4 Å². The maximum atomic E-state index is 13.3. The molecule has 1 aliphatic heterocycles. The van der Waals surface area contributed by atoms with Crippen molar-refractivity contribution in [2.45, 2.75) is 97.9 Å². The minimum absolute atomic E-state index is 0.170. The lowest BCUT2D eigenvalue weighted by molar-refractivity contribution is -0.143. The van der Waals surface area contributed by atoms with Gasteiger partial charge in [0.05, 0.1) is 31.2 Å². The molecule has 2 aromatic rings. The van der Waals surface area contributed by atoms with Crippen molar-refractivity contribution in [3.05, 3.63) is 47.8 Å². The van der Waals surface area contributed by atoms with E-state index in [0.717, 1.165) is 51.3 Å². The van der Waals surface area contributed by atoms with E-state index in [1.807, 2.05) is 6.07 Å². The number of piperazine rings is 1. The van der Waals surface area contributed by atoms with Gasteiger partial charge in [-0.2, -0.15) is 0 Å². The number of ether oxygens (including phenoxy) is 1. The molecular formula is C34H52N4O6. The van der Waals surface area contributed by atoms with Crippen LogP contribution in [0.25, 0.3) is 0 Å². The Kier molecular flexibility index (Phi) is 13.6. The number of amides is 1. The SMILES string of the molecule is CC(C)Oc1ccccc1N1CCN(Cc2ccc(CN(C(=O)C3CCCCC3)C(C)C)n2C)CC1.O=C(O)CCC(=O)O. The third-order valence-electron chi connectivity index (χ3n) is 8.40. The minimum atomic E-state index is -1.08. The van der Waals surface area contributed by atoms with Crippen molar-refractivity contribution in [2.24, 2.45) is 13.0 Å². The van der Waals surface area contributed by atoms with Gasteiger partial charge in [-0.1, -0.05) is 31.4 Å². The monoisotopic (exact) mass is 612 g/mol. The summed E-state index contributed by atoms with van der Waals surface area (Å²) in [7, 11) is 2.16. The number of hydrogen-bond donors (Lipinski definition) is 2. The van der Waals surface area contributed by atoms with E-state index in [-0.39, 0.29) is 30.9 Å². The van der Waals surface area contributed by atoms with Crippen molar-refractivity contribution in [1.29, 1.82) is 0 Å². The minimum Gasteiger partial charge on any atom is -0.489 e. The number of benzene rings is 1. The summed E-state index contributed by atoms with van der Waals surface area (Å²) in [5.41, 5.74) is 3.74. The second-order valence-corrected chi connectivity index (χ2v) is 12.5. The van der Waals surface area contributed by atoms with Crippen LogP contribution in [-0.2, 0) is 34.5 Å². The number of aliphatic carboxylic acids is 2. The molecule has 0 spiro atoms. The molecule has 10 heteroatoms. The summed E-state index contributed by atoms with van der Waals surface area (Å²) in [5, 5.41) is 15.8. The van der Waals surface area contributed by atoms with Crippen molar-refractivity contribution in [3.8, 4) is 5.75 Å². The normalized spacial score (nSPS) is 16.0. The maximum Gasteiger partial charge on any atom is 0.303 e. The summed E-state index contributed by atoms with van der Waals surface area (Å²) in [5.74, 6) is -0.608. The summed E-state index contributed by atoms with van der Waals surface area (Å²) in [6.07, 6.45) is 5.36. The quantitative estimate of drug-likeness (QED) is 0.328. The highest BCUT2D eigenvalue weighted by molar-refractivity contribution is 5.79. The number of aromatic nitrogens is 1. The van der Waals surface area contributed by atoms with E-state index >= 15 is 0 Å². The molecule has 1 saturated carbocycles. The molecule has 244 valence electrons. The average molecular weight is 613 g/mol. The van der Waals surface area contributed by atoms with Gasteiger partial charge in [0.25, 0.3) is 0 Å². The number of anilines is 1. The fraction of sp³-hybridized carbons (Fsp3) is 0.618. The molecule has 1 aromatic heterocycles. The van der Waals surface area contributed by atoms with E-state index in [1.54, 1.807) is 0 Å². The van der Waals surface area contributed by atoms with E-state index in [0.29, 0.717) is 12.5 Å². The Morgan fingerprint density at radius 3 is 2.02 bits per heavy atom. The second-order valence-electron chi connectivity index (χ2n) is 12.5. The fourth-order valence-corrected chi connectivity index (χ4v) is 5.85. The zero-order valence-corrected chi connectivity index (χ0v) is 27.2. The predicted molar refractivity (Wildman–Crippen MR) is 172 cm³/mol. The Morgan fingerprint density at radius 2 is 1.45 bits per heavy atom. The van der Waals surface area contributed by atoms with Crippen molar-refractivity contribution >= 4 is 23.5 Å². The third-order valence-corrected chi connectivity index (χ3v) is 8.40. The van der Waals surface area contributed by atoms with Gasteiger partial charge in [0.1, 0.15) is 5.75 Å². The highest BCUT2D eigenvalue weighted by Crippen LogP contribution is 2.30. The fourth-order valence-electron chi connectivity index (χ4n) is 5.85. The van der Waals surface area contributed by atoms with Crippen LogP contribution >= 0.6 is 0 Å². The van der Waals surface area contributed by atoms with Gasteiger partial charge in [0.15, 0.2) is 0 Å². The molecule has 44 heavy (non-hydrogen) atoms. The Bertz CT molecular complexity index is 1200. The smallest absolute Gasteiger partial charge is 0.303 e. The average Bonchev–Trinajstić information content (AvgIpc) is 3.33. The zero-order valence-electron chi connectivity index (χ0n) is 27.2. The van der Waals surface area contributed by atoms with Crippen LogP contribution < -0.4 is 9.64 Å². The van der Waals surface area contributed by atoms with Gasteiger partial charge in [-0.25, -0.2) is 0 Å². The van der Waals surface area contributed by atoms with E-state index in [2.05, 4.69) is 84.3 Å². The molecular weight excluding hydrogens is 560 g/mol. The number of rotatable bonds is 12. The molecule has 0 atom stereocenters. The second kappa shape index (κ2) is 17.1. The largest absolute Gasteiger partial charge is 0.489 e. The van der Waals surface area contributed by atoms with Crippen molar-refractivity contribution in [3.63, 3.8) is 0 Å². The molecule has 2 heterocycles. The number of para-hydroxylation sites is 2. The van der Waals surface area contributed by atoms with Gasteiger partial charge in [-0.05, 0) is 64.8 Å². The first-order chi connectivity index (χ1) is 21.0. The van der Waals surface area contributed by atoms with Crippen LogP contribution in [0.5, 0.6) is 5.75 Å². The highest BCUT2D eigenvalue weighted by atomic mass is 16.5. The molecule has 0 unspecified atom stereocenters. The Balaban J connectivity index is 0.000000583. The van der Waals surface area contributed by atoms with E-state index in [1.165, 1.54) is 36.3 Å². The number of carbonyl (C=O) groups excluding carboxylic acids is 1. The molecule has 2 fully saturated rings. The number of hydrogen-bond acceptors (Lipinski definition) is 6. The van der Waals surface area contributed by atoms with E-state index in [9.17, 15) is 14.4 Å². The number of carbonyl (C=O) groups is 3. The molecule has 0 radical (unpaired) electrons. The molecule has 1 saturated heterocycles. The first-order valence-electron chi connectivity index (χ1n) is 16.1. The summed E-state index contributed by atoms with van der Waals surface area (Å²) in [6.45, 7) is 14.1. The van der Waals surface area contributed by atoms with Gasteiger partial charge < -0.3 is 29.3 Å². The first-order valence-corrected chi connectivity index (χ1v) is 16.1. The van der Waals surface area contributed by atoms with E-state index in [4.69, 9.17) is 14.9 Å². The Morgan fingerprint density at radius 1 is 0.864 bits per heavy atom. The molecule has 10 nitrogen and oxygen atoms in total. The lowest BCUT2D eigenvalue weighted by Gasteiger charge is -2.37. The molecule has 2 N–H and O–H groups in total. The van der Waals surface area contributed by atoms with Crippen LogP contribution in [0.2, 0.25) is 0 Å². The van der Waals surface area contributed by atoms with Crippen LogP contribution in [0.1, 0.15) is 84.0 Å². The lowest BCUT2D eigenvalue weighted by Crippen LogP contribution is -2.46. The molecule has 1 aliphatic carbocycles. The number of carboxylic acid groups (broad SMARTS) is 2. The summed E-state index contributed by atoms with van der Waals surface area (Å²) < 4.78 is 8.36. The van der Waals surface area contributed by atoms with E-state index < -0.39 is 11.9 Å². The maximum absolute atomic E-state index is 13.3. The Hall–Kier alpha value is -3.53. The molecule has 1 aromatic carbocycles. The zero-order chi connectivity index (χ0) is 32.2. The number of nitrogens with zero attached hydrogens (tertiary/aromatic N) is 4. The standard InChI is InChI=1S/C30H46N4O2.C4H6O4/c1-23(2)34(30(35)25-11-7-6-8-12-25)22-27-16-15-26(31(27)5)21-32-17-19-33(20-18-32)28-13-9-10-14-29(28)36-24(3)4;5-3(6)1-2-4(7)8/h9-10,13-16,23-25H,6-8,11-12,17-22H2,1-5H3;1-2H2,(H,5,6)(H,7,8). The third kappa shape index (κ3) is 10.6. The van der Waals surface area contributed by atoms with Crippen LogP contribution in [0, 0.1) is 5.92 Å². The van der Waals surface area contributed by atoms with Crippen molar-refractivity contribution < 1.29 is 29.3 Å². The van der Waals surface area contributed by atoms with Gasteiger partial charge in [-0.15, -0.1) is 0 Å². The van der Waals surface area contributed by atoms with Crippen LogP contribution in [0.4, 0.5) is 5.69 Å². The van der Waals surface area contributed by atoms with Gasteiger partial charge in [0.2, 0.25) is 5.91 Å². The van der Waals surface area contributed by atoms with Crippen LogP contribution in [-0.4, -0.2) is 80.8 Å². The van der Waals surface area contributed by atoms with Gasteiger partial charge in [-0.3, -0.25) is 19.3 Å². The van der Waals surface area contributed by atoms with Gasteiger partial charge in [0, 0.05) is 63.1 Å². The molecule has 2 aliphatic rings. The predicted octanol–water partition coefficient (Wildman–Crippen LogP) is 5.39. The lowest BCUT2D eigenvalue weighted by atomic mass is 9.88. The summed E-state index contributed by atoms with van der Waals surface area (Å²) in [6, 6.07) is 13.1. The van der Waals surface area contributed by atoms with Crippen LogP contribution in [0.3, 0.4) is 0 Å².